The highest BCUT2D eigenvalue weighted by molar-refractivity contribution is 6.75. The quantitative estimate of drug-likeness (QED) is 0.143. The maximum absolute atomic E-state index is 11.9. The molecule has 2 aliphatic heterocycles. The van der Waals surface area contributed by atoms with Crippen molar-refractivity contribution in [1.82, 2.24) is 9.80 Å². The number of ether oxygens (including phenoxy) is 5. The third-order valence-electron chi connectivity index (χ3n) is 12.0. The molecular formula is C40H63N3O8Si. The number of fused-ring (bicyclic) bond motifs is 1. The minimum atomic E-state index is -1.89. The predicted molar refractivity (Wildman–Crippen MR) is 207 cm³/mol. The van der Waals surface area contributed by atoms with Gasteiger partial charge in [-0.2, -0.15) is 0 Å². The van der Waals surface area contributed by atoms with Crippen LogP contribution in [0.1, 0.15) is 74.9 Å². The molecule has 1 saturated heterocycles. The minimum absolute atomic E-state index is 0.0324. The highest BCUT2D eigenvalue weighted by Gasteiger charge is 2.48. The number of hydrogen-bond acceptors (Lipinski definition) is 10. The number of nitrogens with zero attached hydrogens (tertiary/aromatic N) is 3. The normalized spacial score (nSPS) is 21.1. The Bertz CT molecular complexity index is 1590. The molecule has 0 aliphatic carbocycles. The Kier molecular flexibility index (Phi) is 13.8. The van der Waals surface area contributed by atoms with Gasteiger partial charge in [-0.3, -0.25) is 9.74 Å². The van der Waals surface area contributed by atoms with Crippen LogP contribution in [0.3, 0.4) is 0 Å². The van der Waals surface area contributed by atoms with Crippen molar-refractivity contribution in [3.05, 3.63) is 45.3 Å². The summed E-state index contributed by atoms with van der Waals surface area (Å²) in [5, 5.41) is 22.8. The number of phenolic OH excluding ortho intramolecular Hbond substituents is 2. The molecule has 2 heterocycles. The van der Waals surface area contributed by atoms with Crippen LogP contribution in [0, 0.1) is 26.3 Å². The highest BCUT2D eigenvalue weighted by Crippen LogP contribution is 2.53. The van der Waals surface area contributed by atoms with E-state index >= 15 is 0 Å². The van der Waals surface area contributed by atoms with Crippen LogP contribution in [-0.4, -0.2) is 108 Å². The Hall–Kier alpha value is -3.21. The number of phenols is 2. The number of likely N-dealkylation sites (N-methyl/N-ethyl adjacent to an activating group) is 1. The van der Waals surface area contributed by atoms with Gasteiger partial charge < -0.3 is 38.3 Å². The van der Waals surface area contributed by atoms with E-state index in [1.54, 1.807) is 27.4 Å². The molecule has 0 spiro atoms. The monoisotopic (exact) mass is 741 g/mol. The van der Waals surface area contributed by atoms with Gasteiger partial charge in [0.1, 0.15) is 17.5 Å². The Morgan fingerprint density at radius 3 is 2.10 bits per heavy atom. The lowest BCUT2D eigenvalue weighted by atomic mass is 9.77. The second-order valence-electron chi connectivity index (χ2n) is 15.4. The van der Waals surface area contributed by atoms with Crippen molar-refractivity contribution in [2.45, 2.75) is 110 Å². The van der Waals surface area contributed by atoms with Gasteiger partial charge in [0.15, 0.2) is 31.3 Å². The highest BCUT2D eigenvalue weighted by atomic mass is 28.4. The molecule has 0 bridgehead atoms. The van der Waals surface area contributed by atoms with Crippen molar-refractivity contribution in [2.75, 3.05) is 61.8 Å². The van der Waals surface area contributed by atoms with E-state index < -0.39 is 14.5 Å². The van der Waals surface area contributed by atoms with E-state index in [-0.39, 0.29) is 35.6 Å². The lowest BCUT2D eigenvalue weighted by molar-refractivity contribution is -0.0603. The number of methoxy groups -OCH3 is 4. The molecule has 1 fully saturated rings. The van der Waals surface area contributed by atoms with Crippen LogP contribution in [0.2, 0.25) is 17.6 Å². The fourth-order valence-corrected chi connectivity index (χ4v) is 11.2. The van der Waals surface area contributed by atoms with E-state index in [2.05, 4.69) is 55.8 Å². The van der Waals surface area contributed by atoms with Crippen molar-refractivity contribution in [3.63, 3.8) is 0 Å². The van der Waals surface area contributed by atoms with Crippen LogP contribution < -0.4 is 18.9 Å². The Morgan fingerprint density at radius 1 is 0.942 bits per heavy atom. The van der Waals surface area contributed by atoms with Crippen molar-refractivity contribution >= 4 is 8.32 Å². The van der Waals surface area contributed by atoms with E-state index in [4.69, 9.17) is 34.7 Å². The number of rotatable bonds is 15. The molecule has 4 rings (SSSR count). The maximum Gasteiger partial charge on any atom is 0.295 e. The number of aromatic hydroxyl groups is 2. The van der Waals surface area contributed by atoms with Crippen LogP contribution in [0.15, 0.2) is 6.07 Å². The van der Waals surface area contributed by atoms with Crippen molar-refractivity contribution in [2.24, 2.45) is 5.92 Å². The van der Waals surface area contributed by atoms with Gasteiger partial charge in [-0.05, 0) is 68.9 Å². The molecule has 11 nitrogen and oxygen atoms in total. The first-order chi connectivity index (χ1) is 24.6. The van der Waals surface area contributed by atoms with Crippen LogP contribution in [-0.2, 0) is 22.0 Å². The standard InChI is InChI=1S/C40H63N3O8Si/c1-23(2)52(14,24(3)4)51-17-15-29-22-43(16-18-50-29)40(41-8)31-21-30-33(35(45)39(49-13)27(7)37(30)47-11)34(42(31)9)25(5)19-28-20-32(44)38(48-12)26(6)36(28)46-10/h20,23-25,29,31,34,40,44-45H,15-19,21-22H2,1-7,9-14H3. The zero-order valence-corrected chi connectivity index (χ0v) is 34.8. The number of morpholine rings is 1. The van der Waals surface area contributed by atoms with Gasteiger partial charge in [-0.1, -0.05) is 34.6 Å². The summed E-state index contributed by atoms with van der Waals surface area (Å²) in [6, 6.07) is 1.14. The Labute approximate surface area is 313 Å². The van der Waals surface area contributed by atoms with E-state index in [9.17, 15) is 10.2 Å². The van der Waals surface area contributed by atoms with E-state index in [0.29, 0.717) is 78.8 Å². The summed E-state index contributed by atoms with van der Waals surface area (Å²) in [7, 11) is 6.51. The third kappa shape index (κ3) is 7.85. The second kappa shape index (κ2) is 17.3. The molecule has 5 atom stereocenters. The van der Waals surface area contributed by atoms with Crippen molar-refractivity contribution in [1.29, 1.82) is 0 Å². The maximum atomic E-state index is 11.9. The number of hydrogen-bond donors (Lipinski definition) is 2. The average Bonchev–Trinajstić information content (AvgIpc) is 3.09. The topological polar surface area (TPSA) is 107 Å². The molecule has 0 saturated carbocycles. The van der Waals surface area contributed by atoms with Crippen LogP contribution in [0.4, 0.5) is 0 Å². The molecule has 2 aromatic carbocycles. The SMILES string of the molecule is [C-]#[N+]C(C1Cc2c(OC)c(C)c(OC)c(O)c2C(C(C)Cc2cc(O)c(OC)c(C)c2OC)N1C)N1CCOC(CCO[Si](C)(C(C)C)C(C)C)C1. The fraction of sp³-hybridized carbons (Fsp3) is 0.675. The summed E-state index contributed by atoms with van der Waals surface area (Å²) in [6.07, 6.45) is 1.30. The molecular weight excluding hydrogens is 679 g/mol. The van der Waals surface area contributed by atoms with Gasteiger partial charge in [0.05, 0.1) is 41.2 Å². The van der Waals surface area contributed by atoms with Gasteiger partial charge in [-0.25, -0.2) is 11.5 Å². The van der Waals surface area contributed by atoms with Crippen LogP contribution >= 0.6 is 0 Å². The summed E-state index contributed by atoms with van der Waals surface area (Å²) in [6.45, 7) is 28.3. The number of benzene rings is 2. The first-order valence-electron chi connectivity index (χ1n) is 18.6. The first-order valence-corrected chi connectivity index (χ1v) is 21.1. The summed E-state index contributed by atoms with van der Waals surface area (Å²) in [5.74, 6) is 2.08. The molecule has 2 aromatic rings. The molecule has 52 heavy (non-hydrogen) atoms. The van der Waals surface area contributed by atoms with Crippen molar-refractivity contribution < 1.29 is 38.3 Å². The molecule has 0 amide bonds. The molecule has 290 valence electrons. The zero-order chi connectivity index (χ0) is 38.7. The van der Waals surface area contributed by atoms with Gasteiger partial charge in [-0.15, -0.1) is 0 Å². The van der Waals surface area contributed by atoms with Gasteiger partial charge in [0.25, 0.3) is 6.17 Å². The molecule has 2 aliphatic rings. The van der Waals surface area contributed by atoms with Gasteiger partial charge in [0.2, 0.25) is 0 Å². The fourth-order valence-electron chi connectivity index (χ4n) is 8.67. The molecule has 2 N–H and O–H groups in total. The molecule has 12 heteroatoms. The van der Waals surface area contributed by atoms with E-state index in [1.165, 1.54) is 7.11 Å². The predicted octanol–water partition coefficient (Wildman–Crippen LogP) is 7.27. The van der Waals surface area contributed by atoms with Crippen LogP contribution in [0.5, 0.6) is 34.5 Å². The smallest absolute Gasteiger partial charge is 0.295 e. The summed E-state index contributed by atoms with van der Waals surface area (Å²) < 4.78 is 36.0. The zero-order valence-electron chi connectivity index (χ0n) is 33.8. The van der Waals surface area contributed by atoms with Gasteiger partial charge >= 0.3 is 0 Å². The summed E-state index contributed by atoms with van der Waals surface area (Å²) >= 11 is 0. The van der Waals surface area contributed by atoms with Crippen molar-refractivity contribution in [3.8, 4) is 34.5 Å². The lowest BCUT2D eigenvalue weighted by Crippen LogP contribution is -2.57. The van der Waals surface area contributed by atoms with Crippen LogP contribution in [0.25, 0.3) is 4.85 Å². The first kappa shape index (κ1) is 41.5. The molecule has 5 unspecified atom stereocenters. The second-order valence-corrected chi connectivity index (χ2v) is 20.4. The molecule has 0 aromatic heterocycles. The lowest BCUT2D eigenvalue weighted by Gasteiger charge is -2.46. The third-order valence-corrected chi connectivity index (χ3v) is 17.4. The summed E-state index contributed by atoms with van der Waals surface area (Å²) in [5.41, 5.74) is 4.91. The van der Waals surface area contributed by atoms with E-state index in [1.807, 2.05) is 20.9 Å². The Morgan fingerprint density at radius 2 is 1.54 bits per heavy atom. The minimum Gasteiger partial charge on any atom is -0.504 e. The Balaban J connectivity index is 1.72. The van der Waals surface area contributed by atoms with E-state index in [0.717, 1.165) is 28.7 Å². The molecule has 0 radical (unpaired) electrons. The van der Waals surface area contributed by atoms with Gasteiger partial charge in [0, 0.05) is 54.4 Å². The largest absolute Gasteiger partial charge is 0.504 e. The average molecular weight is 742 g/mol. The summed E-state index contributed by atoms with van der Waals surface area (Å²) in [4.78, 5) is 8.82.